The zero-order chi connectivity index (χ0) is 8.15. The highest BCUT2D eigenvalue weighted by molar-refractivity contribution is 5.76. The first-order chi connectivity index (χ1) is 4.57. The van der Waals surface area contributed by atoms with Crippen LogP contribution in [0.3, 0.4) is 0 Å². The fourth-order valence-corrected chi connectivity index (χ4v) is 0.423. The third-order valence-corrected chi connectivity index (χ3v) is 0.859. The van der Waals surface area contributed by atoms with Gasteiger partial charge >= 0.3 is 12.1 Å². The average Bonchev–Trinajstić information content (AvgIpc) is 1.85. The van der Waals surface area contributed by atoms with Crippen LogP contribution in [0.4, 0.5) is 4.79 Å². The molecule has 10 heavy (non-hydrogen) atoms. The van der Waals surface area contributed by atoms with Gasteiger partial charge in [-0.05, 0) is 0 Å². The Labute approximate surface area is 58.2 Å². The van der Waals surface area contributed by atoms with Crippen LogP contribution in [0.25, 0.3) is 0 Å². The molecule has 0 radical (unpaired) electrons. The fraction of sp³-hybridized carbons (Fsp3) is 0.600. The number of carboxylic acid groups (broad SMARTS) is 1. The molecule has 0 rings (SSSR count). The van der Waals surface area contributed by atoms with Gasteiger partial charge in [0.1, 0.15) is 6.54 Å². The molecule has 0 aliphatic rings. The summed E-state index contributed by atoms with van der Waals surface area (Å²) in [6, 6.07) is 0. The minimum Gasteiger partial charge on any atom is -0.480 e. The van der Waals surface area contributed by atoms with Crippen molar-refractivity contribution < 1.29 is 19.4 Å². The van der Waals surface area contributed by atoms with E-state index in [1.165, 1.54) is 14.2 Å². The van der Waals surface area contributed by atoms with Crippen LogP contribution < -0.4 is 0 Å². The third-order valence-electron chi connectivity index (χ3n) is 0.859. The number of likely N-dealkylation sites (N-methyl/N-ethyl adjacent to an activating group) is 1. The number of nitrogens with zero attached hydrogens (tertiary/aromatic N) is 1. The minimum absolute atomic E-state index is 0.341. The molecule has 0 aliphatic carbocycles. The largest absolute Gasteiger partial charge is 0.480 e. The molecule has 0 saturated carbocycles. The Balaban J connectivity index is 3.72. The monoisotopic (exact) mass is 147 g/mol. The zero-order valence-corrected chi connectivity index (χ0v) is 5.83. The molecule has 5 heteroatoms. The number of methoxy groups -OCH3 is 1. The van der Waals surface area contributed by atoms with Crippen LogP contribution in [0, 0.1) is 0 Å². The topological polar surface area (TPSA) is 66.8 Å². The number of amides is 1. The lowest BCUT2D eigenvalue weighted by Gasteiger charge is -2.11. The van der Waals surface area contributed by atoms with E-state index in [0.717, 1.165) is 4.90 Å². The van der Waals surface area contributed by atoms with Crippen molar-refractivity contribution in [2.24, 2.45) is 0 Å². The van der Waals surface area contributed by atoms with Crippen molar-refractivity contribution in [3.05, 3.63) is 0 Å². The quantitative estimate of drug-likeness (QED) is 0.585. The van der Waals surface area contributed by atoms with Crippen LogP contribution in [0.15, 0.2) is 0 Å². The molecule has 0 spiro atoms. The summed E-state index contributed by atoms with van der Waals surface area (Å²) in [5, 5.41) is 8.18. The number of ether oxygens (including phenoxy) is 1. The number of aliphatic carboxylic acids is 1. The Hall–Kier alpha value is -1.26. The number of hydrogen-bond donors (Lipinski definition) is 1. The Morgan fingerprint density at radius 1 is 1.60 bits per heavy atom. The zero-order valence-electron chi connectivity index (χ0n) is 5.83. The molecule has 58 valence electrons. The molecular weight excluding hydrogens is 138 g/mol. The van der Waals surface area contributed by atoms with E-state index in [-0.39, 0.29) is 6.54 Å². The normalized spacial score (nSPS) is 8.60. The van der Waals surface area contributed by atoms with Crippen LogP contribution in [0.1, 0.15) is 0 Å². The van der Waals surface area contributed by atoms with E-state index in [2.05, 4.69) is 4.74 Å². The van der Waals surface area contributed by atoms with Crippen molar-refractivity contribution >= 4 is 12.1 Å². The number of carbonyl (C=O) groups is 2. The summed E-state index contributed by atoms with van der Waals surface area (Å²) in [5.74, 6) is -1.06. The Kier molecular flexibility index (Phi) is 3.24. The molecule has 0 aromatic rings. The van der Waals surface area contributed by atoms with Gasteiger partial charge in [0.2, 0.25) is 0 Å². The van der Waals surface area contributed by atoms with Gasteiger partial charge in [-0.2, -0.15) is 0 Å². The molecule has 5 nitrogen and oxygen atoms in total. The summed E-state index contributed by atoms with van der Waals surface area (Å²) in [4.78, 5) is 21.4. The van der Waals surface area contributed by atoms with Crippen molar-refractivity contribution in [2.75, 3.05) is 20.7 Å². The van der Waals surface area contributed by atoms with E-state index >= 15 is 0 Å². The second kappa shape index (κ2) is 3.71. The van der Waals surface area contributed by atoms with Gasteiger partial charge in [-0.1, -0.05) is 0 Å². The van der Waals surface area contributed by atoms with E-state index in [9.17, 15) is 9.59 Å². The number of carboxylic acids is 1. The van der Waals surface area contributed by atoms with Crippen molar-refractivity contribution in [3.8, 4) is 0 Å². The summed E-state index contributed by atoms with van der Waals surface area (Å²) in [7, 11) is 2.54. The molecule has 0 heterocycles. The lowest BCUT2D eigenvalue weighted by Crippen LogP contribution is -2.31. The lowest BCUT2D eigenvalue weighted by atomic mass is 10.6. The van der Waals surface area contributed by atoms with E-state index in [0.29, 0.717) is 0 Å². The molecule has 0 bridgehead atoms. The summed E-state index contributed by atoms with van der Waals surface area (Å²) < 4.78 is 4.24. The third kappa shape index (κ3) is 2.91. The van der Waals surface area contributed by atoms with E-state index in [4.69, 9.17) is 5.11 Å². The van der Waals surface area contributed by atoms with Gasteiger partial charge in [-0.3, -0.25) is 4.79 Å². The summed E-state index contributed by atoms with van der Waals surface area (Å²) >= 11 is 0. The van der Waals surface area contributed by atoms with Crippen molar-refractivity contribution in [2.45, 2.75) is 0 Å². The fourth-order valence-electron chi connectivity index (χ4n) is 0.423. The standard InChI is InChI=1S/C5H9NO4/c1-6(3-4(7)8)5(9)10-2/h3H2,1-2H3,(H,7,8). The molecule has 0 unspecified atom stereocenters. The van der Waals surface area contributed by atoms with Gasteiger partial charge in [0, 0.05) is 7.05 Å². The first-order valence-electron chi connectivity index (χ1n) is 2.58. The molecule has 0 saturated heterocycles. The van der Waals surface area contributed by atoms with Gasteiger partial charge in [0.25, 0.3) is 0 Å². The molecule has 0 atom stereocenters. The van der Waals surface area contributed by atoms with Crippen molar-refractivity contribution in [3.63, 3.8) is 0 Å². The minimum atomic E-state index is -1.06. The molecule has 1 amide bonds. The average molecular weight is 147 g/mol. The number of hydrogen-bond acceptors (Lipinski definition) is 3. The second-order valence-electron chi connectivity index (χ2n) is 1.72. The van der Waals surface area contributed by atoms with Crippen LogP contribution in [-0.2, 0) is 9.53 Å². The van der Waals surface area contributed by atoms with Gasteiger partial charge in [-0.25, -0.2) is 4.79 Å². The highest BCUT2D eigenvalue weighted by atomic mass is 16.5. The Morgan fingerprint density at radius 2 is 2.10 bits per heavy atom. The summed E-state index contributed by atoms with van der Waals surface area (Å²) in [6.07, 6.45) is -0.651. The van der Waals surface area contributed by atoms with Crippen LogP contribution >= 0.6 is 0 Å². The van der Waals surface area contributed by atoms with Crippen LogP contribution in [0.5, 0.6) is 0 Å². The molecule has 0 aromatic carbocycles. The molecule has 0 fully saturated rings. The SMILES string of the molecule is COC(=O)N(C)CC(=O)O. The highest BCUT2D eigenvalue weighted by Gasteiger charge is 2.10. The first-order valence-corrected chi connectivity index (χ1v) is 2.58. The highest BCUT2D eigenvalue weighted by Crippen LogP contribution is 1.86. The van der Waals surface area contributed by atoms with Crippen LogP contribution in [0.2, 0.25) is 0 Å². The van der Waals surface area contributed by atoms with Crippen molar-refractivity contribution in [1.82, 2.24) is 4.90 Å². The summed E-state index contributed by atoms with van der Waals surface area (Å²) in [5.41, 5.74) is 0. The first kappa shape index (κ1) is 8.74. The molecular formula is C5H9NO4. The van der Waals surface area contributed by atoms with Gasteiger partial charge < -0.3 is 14.7 Å². The van der Waals surface area contributed by atoms with E-state index in [1.54, 1.807) is 0 Å². The molecule has 1 N–H and O–H groups in total. The number of carbonyl (C=O) groups excluding carboxylic acids is 1. The Bertz CT molecular complexity index is 145. The maximum atomic E-state index is 10.5. The maximum Gasteiger partial charge on any atom is 0.409 e. The van der Waals surface area contributed by atoms with Gasteiger partial charge in [0.15, 0.2) is 0 Å². The van der Waals surface area contributed by atoms with E-state index < -0.39 is 12.1 Å². The molecule has 0 aromatic heterocycles. The van der Waals surface area contributed by atoms with Crippen LogP contribution in [-0.4, -0.2) is 42.8 Å². The summed E-state index contributed by atoms with van der Waals surface area (Å²) in [6.45, 7) is -0.341. The van der Waals surface area contributed by atoms with Gasteiger partial charge in [0.05, 0.1) is 7.11 Å². The lowest BCUT2D eigenvalue weighted by molar-refractivity contribution is -0.137. The smallest absolute Gasteiger partial charge is 0.409 e. The maximum absolute atomic E-state index is 10.5. The van der Waals surface area contributed by atoms with Crippen molar-refractivity contribution in [1.29, 1.82) is 0 Å². The Morgan fingerprint density at radius 3 is 2.40 bits per heavy atom. The second-order valence-corrected chi connectivity index (χ2v) is 1.72. The predicted octanol–water partition coefficient (Wildman–Crippen LogP) is -0.231. The number of rotatable bonds is 2. The molecule has 0 aliphatic heterocycles. The van der Waals surface area contributed by atoms with Gasteiger partial charge in [-0.15, -0.1) is 0 Å². The predicted molar refractivity (Wildman–Crippen MR) is 32.7 cm³/mol. The van der Waals surface area contributed by atoms with E-state index in [1.807, 2.05) is 0 Å².